The number of fused-ring (bicyclic) bond motifs is 2. The van der Waals surface area contributed by atoms with E-state index in [1.165, 1.54) is 5.56 Å². The second-order valence-corrected chi connectivity index (χ2v) is 2.61. The monoisotopic (exact) mass is 130 g/mol. The lowest BCUT2D eigenvalue weighted by Gasteiger charge is -2.27. The molecule has 48 valence electrons. The number of aromatic hydroxyl groups is 1. The molecule has 2 aliphatic carbocycles. The summed E-state index contributed by atoms with van der Waals surface area (Å²) >= 11 is 0. The minimum absolute atomic E-state index is 0.310. The summed E-state index contributed by atoms with van der Waals surface area (Å²) in [6.45, 7) is 0. The molecule has 1 atom stereocenters. The molecule has 0 heterocycles. The van der Waals surface area contributed by atoms with E-state index in [0.717, 1.165) is 5.56 Å². The van der Waals surface area contributed by atoms with Crippen LogP contribution in [-0.4, -0.2) is 13.0 Å². The van der Waals surface area contributed by atoms with Crippen molar-refractivity contribution < 1.29 is 5.11 Å². The van der Waals surface area contributed by atoms with Crippen LogP contribution in [0.4, 0.5) is 0 Å². The van der Waals surface area contributed by atoms with E-state index in [2.05, 4.69) is 0 Å². The molecule has 0 aliphatic heterocycles. The fourth-order valence-corrected chi connectivity index (χ4v) is 1.42. The Hall–Kier alpha value is -0.915. The number of hydrogen-bond acceptors (Lipinski definition) is 1. The van der Waals surface area contributed by atoms with Crippen molar-refractivity contribution >= 4 is 7.85 Å². The van der Waals surface area contributed by atoms with Gasteiger partial charge >= 0.3 is 0 Å². The Balaban J connectivity index is 2.46. The van der Waals surface area contributed by atoms with Crippen molar-refractivity contribution in [2.45, 2.75) is 12.2 Å². The smallest absolute Gasteiger partial charge is 0.119 e. The molecule has 2 bridgehead atoms. The Bertz CT molecular complexity index is 266. The summed E-state index contributed by atoms with van der Waals surface area (Å²) in [6, 6.07) is 5.61. The molecule has 10 heavy (non-hydrogen) atoms. The van der Waals surface area contributed by atoms with Gasteiger partial charge in [0.1, 0.15) is 5.75 Å². The predicted octanol–water partition coefficient (Wildman–Crippen LogP) is 1.42. The molecule has 0 aromatic heterocycles. The first-order valence-corrected chi connectivity index (χ1v) is 3.36. The normalized spacial score (nSPS) is 20.2. The molecular formula is C8H7BO. The average molecular weight is 130 g/mol. The summed E-state index contributed by atoms with van der Waals surface area (Å²) in [5, 5.41) is 9.21. The Morgan fingerprint density at radius 2 is 2.30 bits per heavy atom. The van der Waals surface area contributed by atoms with Gasteiger partial charge in [-0.2, -0.15) is 0 Å². The zero-order valence-electron chi connectivity index (χ0n) is 5.54. The van der Waals surface area contributed by atoms with Crippen LogP contribution in [0.15, 0.2) is 18.2 Å². The molecule has 0 saturated heterocycles. The van der Waals surface area contributed by atoms with E-state index in [1.807, 2.05) is 12.1 Å². The fourth-order valence-electron chi connectivity index (χ4n) is 1.42. The summed E-state index contributed by atoms with van der Waals surface area (Å²) in [7, 11) is 5.47. The number of rotatable bonds is 1. The molecule has 3 rings (SSSR count). The molecule has 2 radical (unpaired) electrons. The summed E-state index contributed by atoms with van der Waals surface area (Å²) in [4.78, 5) is 0. The van der Waals surface area contributed by atoms with Crippen LogP contribution in [0.25, 0.3) is 0 Å². The van der Waals surface area contributed by atoms with Gasteiger partial charge in [0.15, 0.2) is 0 Å². The Labute approximate surface area is 61.1 Å². The van der Waals surface area contributed by atoms with Gasteiger partial charge in [-0.05, 0) is 11.6 Å². The largest absolute Gasteiger partial charge is 0.508 e. The van der Waals surface area contributed by atoms with Gasteiger partial charge in [-0.3, -0.25) is 0 Å². The van der Waals surface area contributed by atoms with Crippen LogP contribution in [0.5, 0.6) is 5.75 Å². The molecule has 2 aliphatic rings. The van der Waals surface area contributed by atoms with E-state index < -0.39 is 0 Å². The zero-order chi connectivity index (χ0) is 7.14. The zero-order valence-corrected chi connectivity index (χ0v) is 5.54. The van der Waals surface area contributed by atoms with E-state index in [1.54, 1.807) is 6.07 Å². The maximum absolute atomic E-state index is 9.21. The molecule has 1 N–H and O–H groups in total. The van der Waals surface area contributed by atoms with Crippen LogP contribution in [0, 0.1) is 0 Å². The Kier molecular flexibility index (Phi) is 1.04. The highest BCUT2D eigenvalue weighted by Crippen LogP contribution is 2.42. The Morgan fingerprint density at radius 1 is 1.50 bits per heavy atom. The van der Waals surface area contributed by atoms with E-state index in [-0.39, 0.29) is 0 Å². The SMILES string of the molecule is [B]C[C@@H]1c2ccc(O)c1c2. The van der Waals surface area contributed by atoms with Crippen molar-refractivity contribution in [1.82, 2.24) is 0 Å². The van der Waals surface area contributed by atoms with Gasteiger partial charge < -0.3 is 5.11 Å². The second-order valence-electron chi connectivity index (χ2n) is 2.61. The van der Waals surface area contributed by atoms with Gasteiger partial charge in [0.2, 0.25) is 0 Å². The van der Waals surface area contributed by atoms with Crippen LogP contribution in [0.3, 0.4) is 0 Å². The van der Waals surface area contributed by atoms with E-state index in [9.17, 15) is 5.11 Å². The van der Waals surface area contributed by atoms with Crippen LogP contribution < -0.4 is 0 Å². The summed E-state index contributed by atoms with van der Waals surface area (Å²) in [5.74, 6) is 0.690. The minimum Gasteiger partial charge on any atom is -0.508 e. The van der Waals surface area contributed by atoms with Crippen molar-refractivity contribution in [3.8, 4) is 5.75 Å². The summed E-state index contributed by atoms with van der Waals surface area (Å²) in [5.41, 5.74) is 2.25. The maximum Gasteiger partial charge on any atom is 0.119 e. The molecular weight excluding hydrogens is 123 g/mol. The van der Waals surface area contributed by atoms with Gasteiger partial charge in [0.05, 0.1) is 7.85 Å². The van der Waals surface area contributed by atoms with E-state index >= 15 is 0 Å². The first kappa shape index (κ1) is 5.84. The van der Waals surface area contributed by atoms with Crippen LogP contribution in [-0.2, 0) is 0 Å². The van der Waals surface area contributed by atoms with Crippen molar-refractivity contribution in [3.05, 3.63) is 29.3 Å². The number of phenols is 1. The third-order valence-corrected chi connectivity index (χ3v) is 2.07. The van der Waals surface area contributed by atoms with Gasteiger partial charge in [-0.25, -0.2) is 0 Å². The lowest BCUT2D eigenvalue weighted by molar-refractivity contribution is 0.461. The fraction of sp³-hybridized carbons (Fsp3) is 0.250. The van der Waals surface area contributed by atoms with Crippen molar-refractivity contribution in [3.63, 3.8) is 0 Å². The number of hydrogen-bond donors (Lipinski definition) is 1. The van der Waals surface area contributed by atoms with Crippen molar-refractivity contribution in [2.75, 3.05) is 0 Å². The highest BCUT2D eigenvalue weighted by atomic mass is 16.3. The van der Waals surface area contributed by atoms with E-state index in [0.29, 0.717) is 18.0 Å². The molecule has 0 fully saturated rings. The molecule has 0 spiro atoms. The third kappa shape index (κ3) is 0.538. The van der Waals surface area contributed by atoms with Crippen LogP contribution in [0.2, 0.25) is 6.32 Å². The summed E-state index contributed by atoms with van der Waals surface area (Å²) < 4.78 is 0. The molecule has 0 saturated carbocycles. The first-order chi connectivity index (χ1) is 4.83. The lowest BCUT2D eigenvalue weighted by atomic mass is 9.73. The van der Waals surface area contributed by atoms with Gasteiger partial charge in [-0.15, -0.1) is 0 Å². The molecule has 1 aromatic carbocycles. The third-order valence-electron chi connectivity index (χ3n) is 2.07. The average Bonchev–Trinajstić information content (AvgIpc) is 1.87. The lowest BCUT2D eigenvalue weighted by Crippen LogP contribution is -2.10. The topological polar surface area (TPSA) is 20.2 Å². The molecule has 0 unspecified atom stereocenters. The highest BCUT2D eigenvalue weighted by molar-refractivity contribution is 6.09. The maximum atomic E-state index is 9.21. The standard InChI is InChI=1S/C8H7BO/c9-4-7-5-1-2-8(10)6(7)3-5/h1-3,7,10H,4H2/t7-/m1/s1. The van der Waals surface area contributed by atoms with Crippen molar-refractivity contribution in [1.29, 1.82) is 0 Å². The van der Waals surface area contributed by atoms with Gasteiger partial charge in [-0.1, -0.05) is 18.5 Å². The van der Waals surface area contributed by atoms with E-state index in [4.69, 9.17) is 7.85 Å². The predicted molar refractivity (Wildman–Crippen MR) is 40.5 cm³/mol. The molecule has 2 heteroatoms. The molecule has 0 amide bonds. The number of phenolic OH excluding ortho intramolecular Hbond substituents is 1. The minimum atomic E-state index is 0.310. The summed E-state index contributed by atoms with van der Waals surface area (Å²) in [6.07, 6.45) is 0.607. The van der Waals surface area contributed by atoms with Gasteiger partial charge in [0, 0.05) is 11.5 Å². The molecule has 1 nitrogen and oxygen atoms in total. The number of benzene rings is 1. The molecule has 1 aromatic rings. The van der Waals surface area contributed by atoms with Crippen LogP contribution >= 0.6 is 0 Å². The van der Waals surface area contributed by atoms with Gasteiger partial charge in [0.25, 0.3) is 0 Å². The highest BCUT2D eigenvalue weighted by Gasteiger charge is 2.24. The van der Waals surface area contributed by atoms with Crippen LogP contribution in [0.1, 0.15) is 17.0 Å². The first-order valence-electron chi connectivity index (χ1n) is 3.36. The Morgan fingerprint density at radius 3 is 2.70 bits per heavy atom. The quantitative estimate of drug-likeness (QED) is 0.570. The second kappa shape index (κ2) is 1.78. The van der Waals surface area contributed by atoms with Crippen molar-refractivity contribution in [2.24, 2.45) is 0 Å².